The van der Waals surface area contributed by atoms with Crippen LogP contribution in [0.5, 0.6) is 0 Å². The Kier molecular flexibility index (Phi) is 5.86. The van der Waals surface area contributed by atoms with E-state index in [0.717, 1.165) is 19.2 Å². The van der Waals surface area contributed by atoms with Gasteiger partial charge in [0.25, 0.3) is 10.1 Å². The predicted octanol–water partition coefficient (Wildman–Crippen LogP) is 3.69. The maximum Gasteiger partial charge on any atom is 0.264 e. The van der Waals surface area contributed by atoms with Gasteiger partial charge in [-0.25, -0.2) is 4.98 Å². The molecule has 1 unspecified atom stereocenters. The first-order valence-electron chi connectivity index (χ1n) is 6.64. The SMILES string of the molecule is CS(=O)(=O)OC(CCCn1ccnc1)c1ccc(Cl)cc1Cl. The van der Waals surface area contributed by atoms with Gasteiger partial charge in [0.1, 0.15) is 6.10 Å². The third-order valence-electron chi connectivity index (χ3n) is 3.04. The zero-order valence-corrected chi connectivity index (χ0v) is 14.3. The highest BCUT2D eigenvalue weighted by molar-refractivity contribution is 7.86. The molecule has 0 amide bonds. The van der Waals surface area contributed by atoms with Crippen molar-refractivity contribution in [1.82, 2.24) is 9.55 Å². The van der Waals surface area contributed by atoms with E-state index in [1.54, 1.807) is 30.7 Å². The van der Waals surface area contributed by atoms with Crippen molar-refractivity contribution in [2.75, 3.05) is 6.26 Å². The van der Waals surface area contributed by atoms with Crippen LogP contribution in [0.15, 0.2) is 36.9 Å². The van der Waals surface area contributed by atoms with Crippen molar-refractivity contribution in [3.05, 3.63) is 52.5 Å². The molecule has 22 heavy (non-hydrogen) atoms. The molecular formula is C14H16Cl2N2O3S. The fourth-order valence-corrected chi connectivity index (χ4v) is 3.26. The number of nitrogens with zero attached hydrogens (tertiary/aromatic N) is 2. The van der Waals surface area contributed by atoms with E-state index in [0.29, 0.717) is 22.0 Å². The molecule has 0 saturated carbocycles. The summed E-state index contributed by atoms with van der Waals surface area (Å²) in [5.41, 5.74) is 0.613. The number of hydrogen-bond donors (Lipinski definition) is 0. The van der Waals surface area contributed by atoms with Gasteiger partial charge in [0, 0.05) is 34.5 Å². The number of imidazole rings is 1. The molecule has 2 aromatic rings. The zero-order chi connectivity index (χ0) is 16.2. The average molecular weight is 363 g/mol. The lowest BCUT2D eigenvalue weighted by Crippen LogP contribution is -2.12. The Morgan fingerprint density at radius 3 is 2.73 bits per heavy atom. The van der Waals surface area contributed by atoms with Gasteiger partial charge in [-0.1, -0.05) is 29.3 Å². The Bertz CT molecular complexity index is 718. The minimum atomic E-state index is -3.59. The van der Waals surface area contributed by atoms with Gasteiger partial charge in [0.2, 0.25) is 0 Å². The molecule has 0 aliphatic rings. The van der Waals surface area contributed by atoms with Gasteiger partial charge in [-0.05, 0) is 25.0 Å². The molecule has 1 heterocycles. The summed E-state index contributed by atoms with van der Waals surface area (Å²) in [7, 11) is -3.59. The molecule has 0 bridgehead atoms. The van der Waals surface area contributed by atoms with Crippen LogP contribution >= 0.6 is 23.2 Å². The summed E-state index contributed by atoms with van der Waals surface area (Å²) in [6.45, 7) is 0.717. The van der Waals surface area contributed by atoms with Crippen LogP contribution in [0.3, 0.4) is 0 Å². The van der Waals surface area contributed by atoms with E-state index in [-0.39, 0.29) is 0 Å². The molecule has 0 N–H and O–H groups in total. The normalized spacial score (nSPS) is 13.2. The highest BCUT2D eigenvalue weighted by Crippen LogP contribution is 2.32. The summed E-state index contributed by atoms with van der Waals surface area (Å²) in [5.74, 6) is 0. The number of hydrogen-bond acceptors (Lipinski definition) is 4. The largest absolute Gasteiger partial charge is 0.337 e. The highest BCUT2D eigenvalue weighted by Gasteiger charge is 2.20. The number of benzene rings is 1. The second-order valence-electron chi connectivity index (χ2n) is 4.90. The van der Waals surface area contributed by atoms with Crippen LogP contribution in [0.1, 0.15) is 24.5 Å². The molecule has 5 nitrogen and oxygen atoms in total. The molecule has 1 atom stereocenters. The van der Waals surface area contributed by atoms with E-state index in [9.17, 15) is 8.42 Å². The second-order valence-corrected chi connectivity index (χ2v) is 7.34. The molecule has 0 radical (unpaired) electrons. The van der Waals surface area contributed by atoms with Crippen molar-refractivity contribution in [2.24, 2.45) is 0 Å². The van der Waals surface area contributed by atoms with Crippen molar-refractivity contribution in [2.45, 2.75) is 25.5 Å². The Morgan fingerprint density at radius 2 is 2.14 bits per heavy atom. The second kappa shape index (κ2) is 7.46. The van der Waals surface area contributed by atoms with E-state index >= 15 is 0 Å². The number of aromatic nitrogens is 2. The van der Waals surface area contributed by atoms with Gasteiger partial charge in [-0.2, -0.15) is 8.42 Å². The maximum atomic E-state index is 11.5. The van der Waals surface area contributed by atoms with Crippen molar-refractivity contribution >= 4 is 33.3 Å². The standard InChI is InChI=1S/C14H16Cl2N2O3S/c1-22(19,20)21-14(3-2-7-18-8-6-17-10-18)12-5-4-11(15)9-13(12)16/h4-6,8-10,14H,2-3,7H2,1H3. The number of halogens is 2. The highest BCUT2D eigenvalue weighted by atomic mass is 35.5. The quantitative estimate of drug-likeness (QED) is 0.704. The van der Waals surface area contributed by atoms with Crippen LogP contribution in [0.25, 0.3) is 0 Å². The van der Waals surface area contributed by atoms with E-state index < -0.39 is 16.2 Å². The van der Waals surface area contributed by atoms with E-state index in [2.05, 4.69) is 4.98 Å². The molecule has 0 spiro atoms. The van der Waals surface area contributed by atoms with Gasteiger partial charge in [0.15, 0.2) is 0 Å². The van der Waals surface area contributed by atoms with Crippen molar-refractivity contribution < 1.29 is 12.6 Å². The van der Waals surface area contributed by atoms with Crippen molar-refractivity contribution in [3.63, 3.8) is 0 Å². The maximum absolute atomic E-state index is 11.5. The van der Waals surface area contributed by atoms with Crippen LogP contribution in [0, 0.1) is 0 Å². The molecule has 0 aliphatic heterocycles. The first kappa shape index (κ1) is 17.3. The molecule has 1 aromatic heterocycles. The average Bonchev–Trinajstić information content (AvgIpc) is 2.89. The summed E-state index contributed by atoms with van der Waals surface area (Å²) in [6.07, 6.45) is 6.87. The smallest absolute Gasteiger partial charge is 0.264 e. The number of rotatable bonds is 7. The van der Waals surface area contributed by atoms with Crippen LogP contribution in [-0.4, -0.2) is 24.2 Å². The summed E-state index contributed by atoms with van der Waals surface area (Å²) < 4.78 is 30.1. The minimum Gasteiger partial charge on any atom is -0.337 e. The molecule has 8 heteroatoms. The molecule has 0 aliphatic carbocycles. The fraction of sp³-hybridized carbons (Fsp3) is 0.357. The lowest BCUT2D eigenvalue weighted by molar-refractivity contribution is 0.199. The van der Waals surface area contributed by atoms with E-state index in [4.69, 9.17) is 27.4 Å². The predicted molar refractivity (Wildman–Crippen MR) is 86.6 cm³/mol. The molecule has 0 saturated heterocycles. The topological polar surface area (TPSA) is 61.2 Å². The van der Waals surface area contributed by atoms with Crippen LogP contribution in [0.4, 0.5) is 0 Å². The van der Waals surface area contributed by atoms with Crippen LogP contribution in [0.2, 0.25) is 10.0 Å². The lowest BCUT2D eigenvalue weighted by Gasteiger charge is -2.18. The van der Waals surface area contributed by atoms with Gasteiger partial charge >= 0.3 is 0 Å². The summed E-state index contributed by atoms with van der Waals surface area (Å²) in [4.78, 5) is 3.96. The third kappa shape index (κ3) is 5.28. The summed E-state index contributed by atoms with van der Waals surface area (Å²) in [5, 5.41) is 0.883. The third-order valence-corrected chi connectivity index (χ3v) is 4.19. The van der Waals surface area contributed by atoms with Crippen molar-refractivity contribution in [3.8, 4) is 0 Å². The van der Waals surface area contributed by atoms with Gasteiger partial charge < -0.3 is 4.57 Å². The molecular weight excluding hydrogens is 347 g/mol. The number of aryl methyl sites for hydroxylation is 1. The van der Waals surface area contributed by atoms with Crippen LogP contribution < -0.4 is 0 Å². The van der Waals surface area contributed by atoms with Crippen LogP contribution in [-0.2, 0) is 20.8 Å². The summed E-state index contributed by atoms with van der Waals surface area (Å²) >= 11 is 12.0. The molecule has 0 fully saturated rings. The first-order chi connectivity index (χ1) is 10.3. The van der Waals surface area contributed by atoms with Gasteiger partial charge in [0.05, 0.1) is 12.6 Å². The Morgan fingerprint density at radius 1 is 1.36 bits per heavy atom. The Balaban J connectivity index is 2.11. The fourth-order valence-electron chi connectivity index (χ4n) is 2.11. The first-order valence-corrected chi connectivity index (χ1v) is 9.21. The molecule has 1 aromatic carbocycles. The Labute approximate surface area is 140 Å². The Hall–Kier alpha value is -1.08. The monoisotopic (exact) mass is 362 g/mol. The zero-order valence-electron chi connectivity index (χ0n) is 11.9. The minimum absolute atomic E-state index is 0.392. The van der Waals surface area contributed by atoms with E-state index in [1.807, 2.05) is 10.8 Å². The molecule has 120 valence electrons. The van der Waals surface area contributed by atoms with E-state index in [1.165, 1.54) is 0 Å². The lowest BCUT2D eigenvalue weighted by atomic mass is 10.0. The van der Waals surface area contributed by atoms with Crippen molar-refractivity contribution in [1.29, 1.82) is 0 Å². The molecule has 2 rings (SSSR count). The van der Waals surface area contributed by atoms with Gasteiger partial charge in [-0.3, -0.25) is 4.18 Å². The van der Waals surface area contributed by atoms with Gasteiger partial charge in [-0.15, -0.1) is 0 Å². The summed E-state index contributed by atoms with van der Waals surface area (Å²) in [6, 6.07) is 4.93.